The number of nitrogens with one attached hydrogen (secondary N) is 1. The highest BCUT2D eigenvalue weighted by molar-refractivity contribution is 5.56. The average Bonchev–Trinajstić information content (AvgIpc) is 2.63. The molecule has 1 aromatic carbocycles. The molecule has 0 radical (unpaired) electrons. The number of para-hydroxylation sites is 1. The molecule has 28 heavy (non-hydrogen) atoms. The fourth-order valence-corrected chi connectivity index (χ4v) is 2.59. The minimum atomic E-state index is -4.84. The van der Waals surface area contributed by atoms with Crippen LogP contribution in [0.25, 0.3) is 16.9 Å². The molecule has 0 unspecified atom stereocenters. The van der Waals surface area contributed by atoms with Crippen molar-refractivity contribution in [2.45, 2.75) is 6.18 Å². The van der Waals surface area contributed by atoms with Gasteiger partial charge in [-0.1, -0.05) is 12.1 Å². The van der Waals surface area contributed by atoms with E-state index in [1.54, 1.807) is 0 Å². The van der Waals surface area contributed by atoms with Crippen LogP contribution in [-0.2, 0) is 20.3 Å². The van der Waals surface area contributed by atoms with E-state index in [-0.39, 0.29) is 4.57 Å². The van der Waals surface area contributed by atoms with Crippen LogP contribution >= 0.6 is 0 Å². The molecule has 3 aromatic rings. The fourth-order valence-electron chi connectivity index (χ4n) is 2.59. The predicted molar refractivity (Wildman–Crippen MR) is 91.4 cm³/mol. The number of rotatable bonds is 2. The molecule has 0 aliphatic rings. The molecule has 12 heteroatoms. The summed E-state index contributed by atoms with van der Waals surface area (Å²) in [5.41, 5.74) is -7.56. The van der Waals surface area contributed by atoms with Gasteiger partial charge in [0.05, 0.1) is 16.8 Å². The Labute approximate surface area is 152 Å². The van der Waals surface area contributed by atoms with Gasteiger partial charge in [0.25, 0.3) is 11.0 Å². The molecule has 2 heterocycles. The second-order valence-corrected chi connectivity index (χ2v) is 5.79. The van der Waals surface area contributed by atoms with Crippen LogP contribution in [0.5, 0.6) is 0 Å². The lowest BCUT2D eigenvalue weighted by Crippen LogP contribution is -2.43. The number of aryl methyl sites for hydroxylation is 2. The Morgan fingerprint density at radius 3 is 2.29 bits per heavy atom. The van der Waals surface area contributed by atoms with Gasteiger partial charge in [-0.3, -0.25) is 19.1 Å². The van der Waals surface area contributed by atoms with Gasteiger partial charge >= 0.3 is 17.4 Å². The number of aromatic amines is 1. The van der Waals surface area contributed by atoms with Crippen molar-refractivity contribution >= 4 is 0 Å². The van der Waals surface area contributed by atoms with Gasteiger partial charge in [0, 0.05) is 20.3 Å². The maximum atomic E-state index is 13.3. The topological polar surface area (TPSA) is 112 Å². The Kier molecular flexibility index (Phi) is 4.41. The number of aromatic nitrogens is 5. The smallest absolute Gasteiger partial charge is 0.302 e. The third-order valence-electron chi connectivity index (χ3n) is 3.98. The number of benzene rings is 1. The van der Waals surface area contributed by atoms with Crippen LogP contribution in [0.15, 0.2) is 49.6 Å². The highest BCUT2D eigenvalue weighted by Gasteiger charge is 2.35. The van der Waals surface area contributed by atoms with Gasteiger partial charge in [0.15, 0.2) is 5.69 Å². The van der Waals surface area contributed by atoms with Crippen molar-refractivity contribution in [2.75, 3.05) is 0 Å². The Hall–Kier alpha value is -3.70. The molecule has 2 aromatic heterocycles. The molecular weight excluding hydrogens is 383 g/mol. The second kappa shape index (κ2) is 6.48. The van der Waals surface area contributed by atoms with Gasteiger partial charge in [0.1, 0.15) is 0 Å². The fraction of sp³-hybridized carbons (Fsp3) is 0.188. The second-order valence-electron chi connectivity index (χ2n) is 5.79. The molecule has 0 aliphatic heterocycles. The summed E-state index contributed by atoms with van der Waals surface area (Å²) in [6, 6.07) is 3.99. The number of nitrogens with zero attached hydrogens (tertiary/aromatic N) is 4. The molecule has 9 nitrogen and oxygen atoms in total. The zero-order chi connectivity index (χ0) is 20.8. The summed E-state index contributed by atoms with van der Waals surface area (Å²) in [6.45, 7) is 0. The van der Waals surface area contributed by atoms with E-state index < -0.39 is 50.9 Å². The standard InChI is InChI=1S/C16H12F3N5O4/c1-22-14(27)12(25)8(7-20-22)11-13(26)24(15(28)23(2)21-11)10-6-4-3-5-9(10)16(17,18)19/h3-7,20H,1-2H3. The first kappa shape index (κ1) is 19.1. The zero-order valence-corrected chi connectivity index (χ0v) is 14.4. The molecule has 3 rings (SSSR count). The number of halogens is 3. The maximum absolute atomic E-state index is 13.3. The third-order valence-corrected chi connectivity index (χ3v) is 3.98. The van der Waals surface area contributed by atoms with Crippen molar-refractivity contribution < 1.29 is 13.2 Å². The maximum Gasteiger partial charge on any atom is 0.418 e. The monoisotopic (exact) mass is 395 g/mol. The molecular formula is C16H12F3N5O4. The minimum Gasteiger partial charge on any atom is -0.302 e. The van der Waals surface area contributed by atoms with Gasteiger partial charge in [-0.05, 0) is 12.1 Å². The van der Waals surface area contributed by atoms with E-state index in [2.05, 4.69) is 10.2 Å². The van der Waals surface area contributed by atoms with Crippen LogP contribution in [0.4, 0.5) is 13.2 Å². The first-order chi connectivity index (χ1) is 13.0. The van der Waals surface area contributed by atoms with E-state index in [0.29, 0.717) is 10.7 Å². The lowest BCUT2D eigenvalue weighted by atomic mass is 10.1. The van der Waals surface area contributed by atoms with Gasteiger partial charge in [-0.2, -0.15) is 18.3 Å². The summed E-state index contributed by atoms with van der Waals surface area (Å²) in [5, 5.41) is 6.09. The third kappa shape index (κ3) is 2.98. The first-order valence-electron chi connectivity index (χ1n) is 7.70. The van der Waals surface area contributed by atoms with Gasteiger partial charge < -0.3 is 5.10 Å². The Balaban J connectivity index is 2.45. The van der Waals surface area contributed by atoms with Crippen molar-refractivity contribution in [2.24, 2.45) is 14.1 Å². The van der Waals surface area contributed by atoms with Crippen LogP contribution in [0.3, 0.4) is 0 Å². The van der Waals surface area contributed by atoms with Gasteiger partial charge in [0.2, 0.25) is 0 Å². The van der Waals surface area contributed by atoms with Crippen LogP contribution < -0.4 is 22.2 Å². The first-order valence-corrected chi connectivity index (χ1v) is 7.70. The molecule has 1 N–H and O–H groups in total. The lowest BCUT2D eigenvalue weighted by Gasteiger charge is -2.15. The Bertz CT molecular complexity index is 1310. The quantitative estimate of drug-likeness (QED) is 0.614. The molecule has 0 saturated heterocycles. The average molecular weight is 395 g/mol. The molecule has 0 amide bonds. The summed E-state index contributed by atoms with van der Waals surface area (Å²) < 4.78 is 41.8. The van der Waals surface area contributed by atoms with E-state index >= 15 is 0 Å². The van der Waals surface area contributed by atoms with Crippen molar-refractivity contribution in [3.8, 4) is 16.9 Å². The van der Waals surface area contributed by atoms with Crippen LogP contribution in [0.1, 0.15) is 5.56 Å². The van der Waals surface area contributed by atoms with Gasteiger partial charge in [-0.15, -0.1) is 0 Å². The van der Waals surface area contributed by atoms with Crippen LogP contribution in [0.2, 0.25) is 0 Å². The molecule has 0 fully saturated rings. The van der Waals surface area contributed by atoms with Crippen molar-refractivity contribution in [3.05, 3.63) is 77.4 Å². The molecule has 0 spiro atoms. The predicted octanol–water partition coefficient (Wildman–Crippen LogP) is 0.00400. The Morgan fingerprint density at radius 1 is 1.00 bits per heavy atom. The summed E-state index contributed by atoms with van der Waals surface area (Å²) in [7, 11) is 2.37. The largest absolute Gasteiger partial charge is 0.418 e. The van der Waals surface area contributed by atoms with E-state index in [0.717, 1.165) is 30.1 Å². The summed E-state index contributed by atoms with van der Waals surface area (Å²) in [4.78, 5) is 49.3. The normalized spacial score (nSPS) is 11.6. The van der Waals surface area contributed by atoms with Crippen molar-refractivity contribution in [1.82, 2.24) is 24.1 Å². The van der Waals surface area contributed by atoms with E-state index in [1.807, 2.05) is 0 Å². The van der Waals surface area contributed by atoms with Gasteiger partial charge in [-0.25, -0.2) is 14.0 Å². The van der Waals surface area contributed by atoms with Crippen LogP contribution in [-0.4, -0.2) is 24.1 Å². The highest BCUT2D eigenvalue weighted by Crippen LogP contribution is 2.32. The van der Waals surface area contributed by atoms with E-state index in [4.69, 9.17) is 0 Å². The number of hydrogen-bond donors (Lipinski definition) is 1. The van der Waals surface area contributed by atoms with Crippen molar-refractivity contribution in [3.63, 3.8) is 0 Å². The molecule has 0 bridgehead atoms. The number of H-pyrrole nitrogens is 1. The highest BCUT2D eigenvalue weighted by atomic mass is 19.4. The van der Waals surface area contributed by atoms with Crippen molar-refractivity contribution in [1.29, 1.82) is 0 Å². The summed E-state index contributed by atoms with van der Waals surface area (Å²) in [5.74, 6) is 0. The molecule has 0 aliphatic carbocycles. The number of alkyl halides is 3. The molecule has 146 valence electrons. The molecule has 0 saturated carbocycles. The van der Waals surface area contributed by atoms with Crippen LogP contribution in [0, 0.1) is 0 Å². The van der Waals surface area contributed by atoms with E-state index in [9.17, 15) is 32.3 Å². The minimum absolute atomic E-state index is 0.266. The number of hydrogen-bond acceptors (Lipinski definition) is 5. The van der Waals surface area contributed by atoms with E-state index in [1.165, 1.54) is 13.1 Å². The SMILES string of the molecule is Cn1nc(-c2c[nH]n(C)c(=O)c2=O)c(=O)n(-c2ccccc2C(F)(F)F)c1=O. The molecule has 0 atom stereocenters. The Morgan fingerprint density at radius 2 is 1.64 bits per heavy atom. The lowest BCUT2D eigenvalue weighted by molar-refractivity contribution is -0.137. The summed E-state index contributed by atoms with van der Waals surface area (Å²) >= 11 is 0. The summed E-state index contributed by atoms with van der Waals surface area (Å²) in [6.07, 6.45) is -3.83. The zero-order valence-electron chi connectivity index (χ0n) is 14.4.